The number of hydrogen-bond acceptors (Lipinski definition) is 7. The summed E-state index contributed by atoms with van der Waals surface area (Å²) in [4.78, 5) is 16.1. The van der Waals surface area contributed by atoms with Gasteiger partial charge in [-0.15, -0.1) is 22.7 Å². The first kappa shape index (κ1) is 39.1. The summed E-state index contributed by atoms with van der Waals surface area (Å²) < 4.78 is 18.2. The first-order chi connectivity index (χ1) is 35.2. The number of hydrogen-bond donors (Lipinski definition) is 0. The summed E-state index contributed by atoms with van der Waals surface area (Å²) in [6, 6.07) is 73.7. The molecule has 5 nitrogen and oxygen atoms in total. The molecule has 15 aromatic rings. The van der Waals surface area contributed by atoms with E-state index >= 15 is 0 Å². The van der Waals surface area contributed by atoms with E-state index in [0.717, 1.165) is 71.5 Å². The summed E-state index contributed by atoms with van der Waals surface area (Å²) in [5.74, 6) is 1.79. The van der Waals surface area contributed by atoms with E-state index < -0.39 is 0 Å². The summed E-state index contributed by atoms with van der Waals surface area (Å²) in [5.41, 5.74) is 14.8. The van der Waals surface area contributed by atoms with Crippen molar-refractivity contribution in [3.8, 4) is 56.4 Å². The van der Waals surface area contributed by atoms with Gasteiger partial charge in [0.25, 0.3) is 0 Å². The average molecular weight is 942 g/mol. The Balaban J connectivity index is 0.921. The molecule has 1 atom stereocenters. The monoisotopic (exact) mass is 941 g/mol. The maximum Gasteiger partial charge on any atom is 0.164 e. The molecule has 0 saturated heterocycles. The second-order valence-corrected chi connectivity index (χ2v) is 20.7. The summed E-state index contributed by atoms with van der Waals surface area (Å²) >= 11 is 3.66. The molecule has 71 heavy (non-hydrogen) atoms. The van der Waals surface area contributed by atoms with Gasteiger partial charge in [0.1, 0.15) is 22.3 Å². The zero-order valence-corrected chi connectivity index (χ0v) is 39.3. The number of fused-ring (bicyclic) bond motifs is 16. The van der Waals surface area contributed by atoms with Crippen LogP contribution >= 0.6 is 22.7 Å². The molecule has 1 aliphatic carbocycles. The maximum absolute atomic E-state index is 6.74. The Morgan fingerprint density at radius 3 is 1.75 bits per heavy atom. The van der Waals surface area contributed by atoms with Gasteiger partial charge in [-0.3, -0.25) is 0 Å². The first-order valence-corrected chi connectivity index (χ1v) is 25.5. The fraction of sp³-hybridized carbons (Fsp3) is 0.0156. The molecule has 16 rings (SSSR count). The van der Waals surface area contributed by atoms with Gasteiger partial charge < -0.3 is 8.83 Å². The molecular weight excluding hydrogens is 907 g/mol. The van der Waals surface area contributed by atoms with Gasteiger partial charge in [-0.25, -0.2) is 15.0 Å². The number of para-hydroxylation sites is 1. The van der Waals surface area contributed by atoms with Gasteiger partial charge in [-0.05, 0) is 99.6 Å². The smallest absolute Gasteiger partial charge is 0.164 e. The van der Waals surface area contributed by atoms with E-state index in [1.807, 2.05) is 41.7 Å². The van der Waals surface area contributed by atoms with Crippen LogP contribution in [-0.4, -0.2) is 15.0 Å². The zero-order chi connectivity index (χ0) is 46.3. The minimum Gasteiger partial charge on any atom is -0.456 e. The van der Waals surface area contributed by atoms with Gasteiger partial charge in [-0.1, -0.05) is 146 Å². The van der Waals surface area contributed by atoms with Crippen molar-refractivity contribution in [1.82, 2.24) is 15.0 Å². The van der Waals surface area contributed by atoms with Gasteiger partial charge in [0.2, 0.25) is 0 Å². The fourth-order valence-electron chi connectivity index (χ4n) is 11.6. The molecular formula is C64H35N3O2S2. The number of aromatic nitrogens is 3. The zero-order valence-electron chi connectivity index (χ0n) is 37.7. The highest BCUT2D eigenvalue weighted by atomic mass is 32.1. The highest BCUT2D eigenvalue weighted by Crippen LogP contribution is 2.56. The van der Waals surface area contributed by atoms with E-state index in [4.69, 9.17) is 23.8 Å². The lowest BCUT2D eigenvalue weighted by molar-refractivity contribution is 0.668. The van der Waals surface area contributed by atoms with Gasteiger partial charge in [0.05, 0.1) is 0 Å². The highest BCUT2D eigenvalue weighted by Gasteiger charge is 2.35. The van der Waals surface area contributed by atoms with Crippen LogP contribution in [0.3, 0.4) is 0 Å². The summed E-state index contributed by atoms with van der Waals surface area (Å²) in [6.45, 7) is 0. The predicted octanol–water partition coefficient (Wildman–Crippen LogP) is 18.2. The molecule has 7 heteroatoms. The van der Waals surface area contributed by atoms with E-state index in [1.165, 1.54) is 68.3 Å². The minimum absolute atomic E-state index is 0.0541. The standard InChI is InChI=1S/C64H35N3O2S2/c1-2-13-35(14-3-1)56-44-30-32-55-61(42-17-6-9-25-53(42)71-55)60(44)43-19-10-18-38(59(43)56)36-28-31-49-47(33-36)57-45(20-11-23-50(57)68-49)63-65-62(37-27-29-40-39-15-4-7-22-48(39)69-51(40)34-37)66-64(67-63)46-21-12-26-54-58(46)41-16-5-8-24-52(41)70-54/h1-34,56H. The molecule has 0 N–H and O–H groups in total. The van der Waals surface area contributed by atoms with Crippen molar-refractivity contribution in [2.75, 3.05) is 0 Å². The lowest BCUT2D eigenvalue weighted by Crippen LogP contribution is -2.01. The van der Waals surface area contributed by atoms with Crippen molar-refractivity contribution in [3.63, 3.8) is 0 Å². The third-order valence-corrected chi connectivity index (χ3v) is 16.9. The number of rotatable bonds is 5. The molecule has 5 aromatic heterocycles. The third kappa shape index (κ3) is 5.76. The Hall–Kier alpha value is -8.75. The Kier molecular flexibility index (Phi) is 8.20. The molecule has 0 amide bonds. The molecule has 0 aliphatic heterocycles. The van der Waals surface area contributed by atoms with Crippen LogP contribution < -0.4 is 0 Å². The average Bonchev–Trinajstić information content (AvgIpc) is 4.25. The van der Waals surface area contributed by atoms with Crippen LogP contribution in [-0.2, 0) is 0 Å². The van der Waals surface area contributed by atoms with E-state index in [9.17, 15) is 0 Å². The van der Waals surface area contributed by atoms with Gasteiger partial charge in [0, 0.05) is 84.5 Å². The second kappa shape index (κ2) is 14.9. The number of furan rings is 2. The van der Waals surface area contributed by atoms with E-state index in [2.05, 4.69) is 176 Å². The number of nitrogens with zero attached hydrogens (tertiary/aromatic N) is 3. The molecule has 10 aromatic carbocycles. The summed E-state index contributed by atoms with van der Waals surface area (Å²) in [6.07, 6.45) is 0. The van der Waals surface area contributed by atoms with Crippen LogP contribution in [0.4, 0.5) is 0 Å². The quantitative estimate of drug-likeness (QED) is 0.172. The molecule has 1 aliphatic rings. The summed E-state index contributed by atoms with van der Waals surface area (Å²) in [5, 5.41) is 9.07. The van der Waals surface area contributed by atoms with Crippen LogP contribution in [0.25, 0.3) is 141 Å². The SMILES string of the molecule is c1ccc(C2c3ccc4sc5ccccc5c4c3-c3cccc(-c4ccc5oc6cccc(-c7nc(-c8ccc9c(c8)oc8ccccc89)nc(-c8cccc9sc%10ccccc%10c89)n7)c6c5c4)c32)cc1. The van der Waals surface area contributed by atoms with E-state index in [0.29, 0.717) is 17.5 Å². The lowest BCUT2D eigenvalue weighted by atomic mass is 9.84. The number of thiophene rings is 2. The van der Waals surface area contributed by atoms with Crippen molar-refractivity contribution in [1.29, 1.82) is 0 Å². The van der Waals surface area contributed by atoms with Crippen LogP contribution in [0.5, 0.6) is 0 Å². The van der Waals surface area contributed by atoms with Crippen LogP contribution in [0.15, 0.2) is 215 Å². The van der Waals surface area contributed by atoms with E-state index in [-0.39, 0.29) is 5.92 Å². The highest BCUT2D eigenvalue weighted by molar-refractivity contribution is 7.26. The Morgan fingerprint density at radius 2 is 0.915 bits per heavy atom. The molecule has 0 saturated carbocycles. The topological polar surface area (TPSA) is 65.0 Å². The molecule has 0 radical (unpaired) electrons. The number of benzene rings is 10. The minimum atomic E-state index is 0.0541. The summed E-state index contributed by atoms with van der Waals surface area (Å²) in [7, 11) is 0. The Bertz CT molecular complexity index is 4730. The fourth-order valence-corrected chi connectivity index (χ4v) is 13.9. The van der Waals surface area contributed by atoms with Crippen molar-refractivity contribution in [2.45, 2.75) is 5.92 Å². The van der Waals surface area contributed by atoms with Gasteiger partial charge >= 0.3 is 0 Å². The van der Waals surface area contributed by atoms with Crippen LogP contribution in [0.2, 0.25) is 0 Å². The normalized spacial score (nSPS) is 13.5. The molecule has 5 heterocycles. The van der Waals surface area contributed by atoms with Crippen molar-refractivity contribution >= 4 is 107 Å². The molecule has 0 fully saturated rings. The van der Waals surface area contributed by atoms with Gasteiger partial charge in [0.15, 0.2) is 17.5 Å². The van der Waals surface area contributed by atoms with Crippen molar-refractivity contribution in [2.24, 2.45) is 0 Å². The third-order valence-electron chi connectivity index (χ3n) is 14.6. The van der Waals surface area contributed by atoms with Crippen molar-refractivity contribution < 1.29 is 8.83 Å². The molecule has 1 unspecified atom stereocenters. The first-order valence-electron chi connectivity index (χ1n) is 23.9. The lowest BCUT2D eigenvalue weighted by Gasteiger charge is -2.18. The van der Waals surface area contributed by atoms with Crippen LogP contribution in [0.1, 0.15) is 22.6 Å². The molecule has 330 valence electrons. The predicted molar refractivity (Wildman–Crippen MR) is 295 cm³/mol. The second-order valence-electron chi connectivity index (χ2n) is 18.5. The Labute approximate surface area is 413 Å². The van der Waals surface area contributed by atoms with Crippen LogP contribution in [0, 0.1) is 0 Å². The van der Waals surface area contributed by atoms with Crippen molar-refractivity contribution in [3.05, 3.63) is 223 Å². The maximum atomic E-state index is 6.74. The largest absolute Gasteiger partial charge is 0.456 e. The Morgan fingerprint density at radius 1 is 0.338 bits per heavy atom. The molecule has 0 spiro atoms. The van der Waals surface area contributed by atoms with E-state index in [1.54, 1.807) is 11.3 Å². The van der Waals surface area contributed by atoms with Gasteiger partial charge in [-0.2, -0.15) is 0 Å². The molecule has 0 bridgehead atoms.